The third kappa shape index (κ3) is 3.09. The fraction of sp³-hybridized carbons (Fsp3) is 0.0667. The Hall–Kier alpha value is -2.80. The number of esters is 1. The number of carbonyl (C=O) groups excluding carboxylic acids is 1. The Kier molecular flexibility index (Phi) is 4.06. The topological polar surface area (TPSA) is 74.1 Å². The smallest absolute Gasteiger partial charge is 0.332 e. The van der Waals surface area contributed by atoms with Crippen molar-refractivity contribution in [2.75, 3.05) is 0 Å². The summed E-state index contributed by atoms with van der Waals surface area (Å²) < 4.78 is 6.01. The molecule has 2 heterocycles. The van der Waals surface area contributed by atoms with Crippen LogP contribution in [0.5, 0.6) is 0 Å². The van der Waals surface area contributed by atoms with Crippen LogP contribution in [0.15, 0.2) is 52.6 Å². The Morgan fingerprint density at radius 2 is 2.14 bits per heavy atom. The molecule has 0 saturated heterocycles. The number of hydrogen-bond acceptors (Lipinski definition) is 6. The molecule has 0 fully saturated rings. The third-order valence-electron chi connectivity index (χ3n) is 2.89. The highest BCUT2D eigenvalue weighted by Gasteiger charge is 2.06. The molecule has 2 aromatic heterocycles. The Morgan fingerprint density at radius 3 is 2.95 bits per heavy atom. The highest BCUT2D eigenvalue weighted by molar-refractivity contribution is 7.10. The Morgan fingerprint density at radius 1 is 1.27 bits per heavy atom. The summed E-state index contributed by atoms with van der Waals surface area (Å²) >= 11 is 1.51. The van der Waals surface area contributed by atoms with Gasteiger partial charge in [-0.05, 0) is 29.7 Å². The first-order valence-electron chi connectivity index (χ1n) is 6.45. The second-order valence-corrected chi connectivity index (χ2v) is 5.33. The summed E-state index contributed by atoms with van der Waals surface area (Å²) in [5, 5.41) is 10.0. The van der Waals surface area contributed by atoms with Gasteiger partial charge in [0.2, 0.25) is 0 Å². The molecule has 6 nitrogen and oxygen atoms in total. The van der Waals surface area contributed by atoms with E-state index in [0.717, 1.165) is 9.56 Å². The SMILES string of the molecule is O=C(/C=C/c1cccs1)OCn1nnc2ccccc2c1=O. The molecular formula is C15H11N3O3S. The number of nitrogens with zero attached hydrogens (tertiary/aromatic N) is 3. The van der Waals surface area contributed by atoms with Crippen molar-refractivity contribution in [1.82, 2.24) is 15.0 Å². The number of aromatic nitrogens is 3. The fourth-order valence-electron chi connectivity index (χ4n) is 1.82. The highest BCUT2D eigenvalue weighted by Crippen LogP contribution is 2.10. The van der Waals surface area contributed by atoms with Gasteiger partial charge in [-0.3, -0.25) is 4.79 Å². The van der Waals surface area contributed by atoms with Crippen molar-refractivity contribution in [3.63, 3.8) is 0 Å². The summed E-state index contributed by atoms with van der Waals surface area (Å²) in [7, 11) is 0. The quantitative estimate of drug-likeness (QED) is 0.544. The zero-order valence-corrected chi connectivity index (χ0v) is 12.2. The molecule has 0 unspecified atom stereocenters. The van der Waals surface area contributed by atoms with Crippen molar-refractivity contribution in [1.29, 1.82) is 0 Å². The van der Waals surface area contributed by atoms with Gasteiger partial charge in [0.05, 0.1) is 5.39 Å². The Balaban J connectivity index is 1.70. The van der Waals surface area contributed by atoms with Crippen molar-refractivity contribution >= 4 is 34.3 Å². The summed E-state index contributed by atoms with van der Waals surface area (Å²) in [5.74, 6) is -0.546. The van der Waals surface area contributed by atoms with E-state index in [9.17, 15) is 9.59 Å². The number of carbonyl (C=O) groups is 1. The molecule has 0 aliphatic heterocycles. The van der Waals surface area contributed by atoms with Crippen molar-refractivity contribution in [2.24, 2.45) is 0 Å². The van der Waals surface area contributed by atoms with Crippen LogP contribution in [-0.2, 0) is 16.3 Å². The molecule has 0 atom stereocenters. The van der Waals surface area contributed by atoms with Gasteiger partial charge >= 0.3 is 5.97 Å². The van der Waals surface area contributed by atoms with Gasteiger partial charge in [0.25, 0.3) is 5.56 Å². The third-order valence-corrected chi connectivity index (χ3v) is 3.72. The first kappa shape index (κ1) is 14.2. The van der Waals surface area contributed by atoms with E-state index in [1.54, 1.807) is 30.3 Å². The van der Waals surface area contributed by atoms with Gasteiger partial charge in [-0.1, -0.05) is 23.4 Å². The van der Waals surface area contributed by atoms with Crippen LogP contribution in [-0.4, -0.2) is 21.0 Å². The van der Waals surface area contributed by atoms with E-state index in [1.807, 2.05) is 17.5 Å². The average molecular weight is 313 g/mol. The van der Waals surface area contributed by atoms with E-state index in [-0.39, 0.29) is 12.3 Å². The second kappa shape index (κ2) is 6.31. The zero-order chi connectivity index (χ0) is 15.4. The molecular weight excluding hydrogens is 302 g/mol. The van der Waals surface area contributed by atoms with Gasteiger partial charge in [-0.15, -0.1) is 16.4 Å². The molecule has 0 aliphatic carbocycles. The van der Waals surface area contributed by atoms with Gasteiger partial charge in [-0.25, -0.2) is 4.79 Å². The van der Waals surface area contributed by atoms with Crippen LogP contribution in [0.1, 0.15) is 4.88 Å². The Bertz CT molecular complexity index is 884. The van der Waals surface area contributed by atoms with E-state index < -0.39 is 5.97 Å². The lowest BCUT2D eigenvalue weighted by atomic mass is 10.2. The van der Waals surface area contributed by atoms with E-state index in [4.69, 9.17) is 4.74 Å². The molecule has 0 N–H and O–H groups in total. The number of hydrogen-bond donors (Lipinski definition) is 0. The van der Waals surface area contributed by atoms with Crippen molar-refractivity contribution < 1.29 is 9.53 Å². The van der Waals surface area contributed by atoms with Crippen LogP contribution in [0.25, 0.3) is 17.0 Å². The maximum absolute atomic E-state index is 12.1. The summed E-state index contributed by atoms with van der Waals surface area (Å²) in [5.41, 5.74) is 0.160. The normalized spacial score (nSPS) is 11.1. The molecule has 0 radical (unpaired) electrons. The zero-order valence-electron chi connectivity index (χ0n) is 11.4. The van der Waals surface area contributed by atoms with Gasteiger partial charge < -0.3 is 4.74 Å². The molecule has 110 valence electrons. The van der Waals surface area contributed by atoms with Crippen molar-refractivity contribution in [3.8, 4) is 0 Å². The molecule has 0 amide bonds. The predicted octanol–water partition coefficient (Wildman–Crippen LogP) is 2.07. The van der Waals surface area contributed by atoms with E-state index >= 15 is 0 Å². The lowest BCUT2D eigenvalue weighted by Crippen LogP contribution is -2.26. The standard InChI is InChI=1S/C15H11N3O3S/c19-14(8-7-11-4-3-9-22-11)21-10-18-15(20)12-5-1-2-6-13(12)16-17-18/h1-9H,10H2/b8-7+. The maximum Gasteiger partial charge on any atom is 0.332 e. The van der Waals surface area contributed by atoms with Crippen LogP contribution in [0.4, 0.5) is 0 Å². The summed E-state index contributed by atoms with van der Waals surface area (Å²) in [6, 6.07) is 10.6. The van der Waals surface area contributed by atoms with Gasteiger partial charge in [0, 0.05) is 11.0 Å². The number of fused-ring (bicyclic) bond motifs is 1. The van der Waals surface area contributed by atoms with Crippen LogP contribution >= 0.6 is 11.3 Å². The predicted molar refractivity (Wildman–Crippen MR) is 83.2 cm³/mol. The lowest BCUT2D eigenvalue weighted by Gasteiger charge is -2.04. The molecule has 22 heavy (non-hydrogen) atoms. The van der Waals surface area contributed by atoms with Crippen LogP contribution in [0.3, 0.4) is 0 Å². The minimum atomic E-state index is -0.546. The first-order valence-corrected chi connectivity index (χ1v) is 7.33. The molecule has 0 saturated carbocycles. The molecule has 1 aromatic carbocycles. The van der Waals surface area contributed by atoms with Crippen LogP contribution < -0.4 is 5.56 Å². The largest absolute Gasteiger partial charge is 0.439 e. The summed E-state index contributed by atoms with van der Waals surface area (Å²) in [4.78, 5) is 24.7. The van der Waals surface area contributed by atoms with Gasteiger partial charge in [-0.2, -0.15) is 4.68 Å². The summed E-state index contributed by atoms with van der Waals surface area (Å²) in [6.45, 7) is -0.274. The molecule has 0 spiro atoms. The molecule has 0 aliphatic rings. The van der Waals surface area contributed by atoms with Crippen molar-refractivity contribution in [2.45, 2.75) is 6.73 Å². The summed E-state index contributed by atoms with van der Waals surface area (Å²) in [6.07, 6.45) is 2.97. The molecule has 7 heteroatoms. The first-order chi connectivity index (χ1) is 10.7. The highest BCUT2D eigenvalue weighted by atomic mass is 32.1. The minimum Gasteiger partial charge on any atom is -0.439 e. The minimum absolute atomic E-state index is 0.274. The maximum atomic E-state index is 12.1. The van der Waals surface area contributed by atoms with Crippen LogP contribution in [0.2, 0.25) is 0 Å². The number of rotatable bonds is 4. The molecule has 0 bridgehead atoms. The van der Waals surface area contributed by atoms with E-state index in [0.29, 0.717) is 10.9 Å². The van der Waals surface area contributed by atoms with E-state index in [2.05, 4.69) is 10.3 Å². The molecule has 3 aromatic rings. The lowest BCUT2D eigenvalue weighted by molar-refractivity contribution is -0.141. The number of benzene rings is 1. The molecule has 3 rings (SSSR count). The van der Waals surface area contributed by atoms with Crippen LogP contribution in [0, 0.1) is 0 Å². The average Bonchev–Trinajstić information content (AvgIpc) is 3.06. The number of thiophene rings is 1. The van der Waals surface area contributed by atoms with Crippen molar-refractivity contribution in [3.05, 3.63) is 63.1 Å². The fourth-order valence-corrected chi connectivity index (χ4v) is 2.44. The monoisotopic (exact) mass is 313 g/mol. The van der Waals surface area contributed by atoms with Gasteiger partial charge in [0.1, 0.15) is 5.52 Å². The Labute approximate surface area is 129 Å². The number of ether oxygens (including phenoxy) is 1. The second-order valence-electron chi connectivity index (χ2n) is 4.35. The van der Waals surface area contributed by atoms with Gasteiger partial charge in [0.15, 0.2) is 6.73 Å². The van der Waals surface area contributed by atoms with E-state index in [1.165, 1.54) is 17.4 Å².